The van der Waals surface area contributed by atoms with Crippen molar-refractivity contribution in [1.82, 2.24) is 4.90 Å². The number of hydrogen-bond acceptors (Lipinski definition) is 17. The number of esters is 3. The number of nitrogens with zero attached hydrogens (tertiary/aromatic N) is 1. The molecule has 2 N–H and O–H groups in total. The zero-order valence-corrected chi connectivity index (χ0v) is 41.5. The molecule has 18 atom stereocenters. The number of aliphatic hydroxyl groups excluding tert-OH is 1. The average molecular weight is 916 g/mol. The summed E-state index contributed by atoms with van der Waals surface area (Å²) in [6.07, 6.45) is -7.02. The third-order valence-corrected chi connectivity index (χ3v) is 14.1. The molecule has 0 aliphatic carbocycles. The second kappa shape index (κ2) is 23.3. The zero-order chi connectivity index (χ0) is 48.6. The topological polar surface area (TPSA) is 204 Å². The van der Waals surface area contributed by atoms with Crippen LogP contribution in [0.4, 0.5) is 0 Å². The molecule has 0 aromatic carbocycles. The molecule has 370 valence electrons. The highest BCUT2D eigenvalue weighted by atomic mass is 16.7. The quantitative estimate of drug-likeness (QED) is 0.104. The van der Waals surface area contributed by atoms with Crippen LogP contribution in [0.15, 0.2) is 11.8 Å². The number of hydrogen-bond donors (Lipinski definition) is 2. The van der Waals surface area contributed by atoms with E-state index in [1.807, 2.05) is 53.6 Å². The van der Waals surface area contributed by atoms with E-state index in [4.69, 9.17) is 47.4 Å². The van der Waals surface area contributed by atoms with Crippen LogP contribution in [-0.2, 0) is 66.5 Å². The van der Waals surface area contributed by atoms with Crippen LogP contribution < -0.4 is 0 Å². The molecule has 64 heavy (non-hydrogen) atoms. The fourth-order valence-corrected chi connectivity index (χ4v) is 9.65. The van der Waals surface area contributed by atoms with Crippen LogP contribution in [0.1, 0.15) is 116 Å². The van der Waals surface area contributed by atoms with Crippen LogP contribution >= 0.6 is 0 Å². The van der Waals surface area contributed by atoms with Crippen molar-refractivity contribution in [1.29, 1.82) is 0 Å². The highest BCUT2D eigenvalue weighted by Crippen LogP contribution is 2.43. The molecule has 0 bridgehead atoms. The summed E-state index contributed by atoms with van der Waals surface area (Å²) in [6.45, 7) is 22.8. The van der Waals surface area contributed by atoms with Crippen LogP contribution in [0.2, 0.25) is 0 Å². The number of aliphatic hydroxyl groups is 2. The first-order valence-electron chi connectivity index (χ1n) is 23.0. The van der Waals surface area contributed by atoms with Crippen molar-refractivity contribution < 1.29 is 76.8 Å². The van der Waals surface area contributed by atoms with E-state index in [1.165, 1.54) is 21.0 Å². The second-order valence-corrected chi connectivity index (χ2v) is 19.0. The van der Waals surface area contributed by atoms with Crippen molar-refractivity contribution in [2.45, 2.75) is 194 Å². The van der Waals surface area contributed by atoms with Gasteiger partial charge in [-0.3, -0.25) is 9.59 Å². The summed E-state index contributed by atoms with van der Waals surface area (Å²) < 4.78 is 62.6. The second-order valence-electron chi connectivity index (χ2n) is 19.0. The largest absolute Gasteiger partial charge is 0.476 e. The standard InChI is InChI=1S/C47H81NO16/c1-18-34-47(13,54)40(51)27(6)37(50)25(4)23-46(12,56-17)41(28(7)38(29(8)42(52)62-34)63-36-24-45(11,55-16)30(9)31(10)60-36)64-44-39(32(48(14)15)21-26(5)59-44)61-33(43(53)58-20-3)22-35(49)57-19-2/h22,25-32,34,36,38-41,44,51,54H,18-21,23-24H2,1-17H3/b33-22+/t25-,26-,27+,28+,29-,30+,31+,32+,34-,36+,38+,39-,40-,41-,44+,45-,46+,47-/m1/s1. The molecule has 0 spiro atoms. The lowest BCUT2D eigenvalue weighted by molar-refractivity contribution is -0.316. The van der Waals surface area contributed by atoms with Gasteiger partial charge in [0, 0.05) is 44.3 Å². The Morgan fingerprint density at radius 1 is 0.844 bits per heavy atom. The number of Topliss-reactive ketones (excluding diaryl/α,β-unsaturated/α-hetero) is 1. The summed E-state index contributed by atoms with van der Waals surface area (Å²) in [4.78, 5) is 56.9. The molecule has 3 heterocycles. The Labute approximate surface area is 381 Å². The van der Waals surface area contributed by atoms with E-state index in [1.54, 1.807) is 48.7 Å². The number of rotatable bonds is 14. The molecular weight excluding hydrogens is 835 g/mol. The molecule has 3 fully saturated rings. The number of likely N-dealkylation sites (N-methyl/N-ethyl adjacent to an activating group) is 1. The van der Waals surface area contributed by atoms with Crippen molar-refractivity contribution in [3.05, 3.63) is 11.8 Å². The Kier molecular flexibility index (Phi) is 20.3. The lowest BCUT2D eigenvalue weighted by Gasteiger charge is -2.50. The van der Waals surface area contributed by atoms with E-state index in [9.17, 15) is 29.4 Å². The smallest absolute Gasteiger partial charge is 0.373 e. The summed E-state index contributed by atoms with van der Waals surface area (Å²) in [5.74, 6) is -6.93. The summed E-state index contributed by atoms with van der Waals surface area (Å²) in [5.41, 5.74) is -4.03. The van der Waals surface area contributed by atoms with Gasteiger partial charge in [0.1, 0.15) is 17.5 Å². The molecule has 0 amide bonds. The van der Waals surface area contributed by atoms with Crippen LogP contribution in [0.5, 0.6) is 0 Å². The van der Waals surface area contributed by atoms with Gasteiger partial charge in [-0.1, -0.05) is 34.6 Å². The van der Waals surface area contributed by atoms with E-state index in [0.29, 0.717) is 12.8 Å². The van der Waals surface area contributed by atoms with E-state index in [0.717, 1.165) is 6.08 Å². The molecular formula is C47H81NO16. The number of ketones is 1. The number of ether oxygens (including phenoxy) is 10. The van der Waals surface area contributed by atoms with Gasteiger partial charge < -0.3 is 62.5 Å². The maximum absolute atomic E-state index is 14.5. The molecule has 3 rings (SSSR count). The normalized spacial score (nSPS) is 42.1. The maximum atomic E-state index is 14.5. The predicted molar refractivity (Wildman–Crippen MR) is 234 cm³/mol. The van der Waals surface area contributed by atoms with Crippen LogP contribution in [0.25, 0.3) is 0 Å². The van der Waals surface area contributed by atoms with E-state index in [-0.39, 0.29) is 43.9 Å². The number of carbonyl (C=O) groups excluding carboxylic acids is 4. The molecule has 0 saturated carbocycles. The monoisotopic (exact) mass is 916 g/mol. The average Bonchev–Trinajstić information content (AvgIpc) is 3.23. The minimum absolute atomic E-state index is 0.000412. The van der Waals surface area contributed by atoms with Gasteiger partial charge in [-0.25, -0.2) is 9.59 Å². The zero-order valence-electron chi connectivity index (χ0n) is 41.5. The van der Waals surface area contributed by atoms with E-state index < -0.39 is 119 Å². The minimum Gasteiger partial charge on any atom is -0.476 e. The lowest BCUT2D eigenvalue weighted by atomic mass is 9.73. The van der Waals surface area contributed by atoms with Gasteiger partial charge in [0.25, 0.3) is 0 Å². The van der Waals surface area contributed by atoms with E-state index >= 15 is 0 Å². The van der Waals surface area contributed by atoms with Gasteiger partial charge >= 0.3 is 17.9 Å². The SMILES string of the molecule is CCOC(=O)/C=C(/O[C@H]1[C@H](O[C@@H]2[C@@H](C)[C@H](O[C@H]3C[C@@](C)(OC)[C@@H](C)[C@H](C)O3)[C@@H](C)C(=O)O[C@H](CC)[C@@](C)(O)[C@H](O)[C@@H](C)C(=O)[C@H](C)C[C@]2(C)OC)O[C@H](C)C[C@@H]1N(C)C)C(=O)OCC. The van der Waals surface area contributed by atoms with Crippen LogP contribution in [0.3, 0.4) is 0 Å². The first kappa shape index (κ1) is 55.6. The number of cyclic esters (lactones) is 1. The molecule has 3 aliphatic heterocycles. The molecule has 0 aromatic rings. The molecule has 0 aromatic heterocycles. The first-order chi connectivity index (χ1) is 29.8. The molecule has 0 unspecified atom stereocenters. The molecule has 3 aliphatic rings. The van der Waals surface area contributed by atoms with Crippen LogP contribution in [0, 0.1) is 29.6 Å². The highest BCUT2D eigenvalue weighted by molar-refractivity contribution is 5.94. The van der Waals surface area contributed by atoms with Gasteiger partial charge in [0.05, 0.1) is 73.0 Å². The summed E-state index contributed by atoms with van der Waals surface area (Å²) in [6, 6.07) is -0.454. The third kappa shape index (κ3) is 12.8. The maximum Gasteiger partial charge on any atom is 0.373 e. The Bertz CT molecular complexity index is 1590. The summed E-state index contributed by atoms with van der Waals surface area (Å²) >= 11 is 0. The van der Waals surface area contributed by atoms with Gasteiger partial charge in [-0.2, -0.15) is 0 Å². The highest BCUT2D eigenvalue weighted by Gasteiger charge is 2.54. The third-order valence-electron chi connectivity index (χ3n) is 14.1. The summed E-state index contributed by atoms with van der Waals surface area (Å²) in [7, 11) is 6.82. The van der Waals surface area contributed by atoms with Gasteiger partial charge in [-0.15, -0.1) is 0 Å². The fourth-order valence-electron chi connectivity index (χ4n) is 9.65. The molecule has 0 radical (unpaired) electrons. The van der Waals surface area contributed by atoms with Crippen molar-refractivity contribution >= 4 is 23.7 Å². The molecule has 3 saturated heterocycles. The van der Waals surface area contributed by atoms with Crippen molar-refractivity contribution in [2.24, 2.45) is 29.6 Å². The fraction of sp³-hybridized carbons (Fsp3) is 0.872. The van der Waals surface area contributed by atoms with Crippen molar-refractivity contribution in [3.63, 3.8) is 0 Å². The minimum atomic E-state index is -2.00. The van der Waals surface area contributed by atoms with Crippen molar-refractivity contribution in [3.8, 4) is 0 Å². The van der Waals surface area contributed by atoms with Gasteiger partial charge in [0.2, 0.25) is 5.76 Å². The number of methoxy groups -OCH3 is 2. The van der Waals surface area contributed by atoms with Gasteiger partial charge in [0.15, 0.2) is 18.7 Å². The Morgan fingerprint density at radius 3 is 2.00 bits per heavy atom. The lowest BCUT2D eigenvalue weighted by Crippen LogP contribution is -2.61. The van der Waals surface area contributed by atoms with Gasteiger partial charge in [-0.05, 0) is 88.7 Å². The Balaban J connectivity index is 2.34. The Hall–Kier alpha value is -2.74. The molecule has 17 nitrogen and oxygen atoms in total. The molecule has 17 heteroatoms. The van der Waals surface area contributed by atoms with Crippen LogP contribution in [-0.4, -0.2) is 158 Å². The Morgan fingerprint density at radius 2 is 1.45 bits per heavy atom. The van der Waals surface area contributed by atoms with E-state index in [2.05, 4.69) is 0 Å². The first-order valence-corrected chi connectivity index (χ1v) is 23.0. The van der Waals surface area contributed by atoms with Crippen molar-refractivity contribution in [2.75, 3.05) is 41.5 Å². The number of carbonyl (C=O) groups is 4. The predicted octanol–water partition coefficient (Wildman–Crippen LogP) is 4.75. The summed E-state index contributed by atoms with van der Waals surface area (Å²) in [5, 5.41) is 23.4.